The van der Waals surface area contributed by atoms with Crippen molar-refractivity contribution in [3.05, 3.63) is 30.5 Å². The van der Waals surface area contributed by atoms with Crippen LogP contribution in [0.1, 0.15) is 18.6 Å². The highest BCUT2D eigenvalue weighted by atomic mass is 16.5. The summed E-state index contributed by atoms with van der Waals surface area (Å²) in [5, 5.41) is 0.837. The average molecular weight is 231 g/mol. The fourth-order valence-electron chi connectivity index (χ4n) is 1.70. The SMILES string of the molecule is CC(=O)COc1cn(C(C)=O)c2ccccc12. The van der Waals surface area contributed by atoms with Crippen LogP contribution in [0.3, 0.4) is 0 Å². The number of ether oxygens (including phenoxy) is 1. The third-order valence-corrected chi connectivity index (χ3v) is 2.45. The van der Waals surface area contributed by atoms with E-state index < -0.39 is 0 Å². The second kappa shape index (κ2) is 4.41. The number of ketones is 1. The van der Waals surface area contributed by atoms with E-state index in [1.807, 2.05) is 24.3 Å². The molecule has 0 unspecified atom stereocenters. The predicted molar refractivity (Wildman–Crippen MR) is 64.4 cm³/mol. The van der Waals surface area contributed by atoms with Gasteiger partial charge in [-0.25, -0.2) is 0 Å². The zero-order valence-corrected chi connectivity index (χ0v) is 9.77. The molecule has 1 heterocycles. The number of hydrogen-bond acceptors (Lipinski definition) is 3. The standard InChI is InChI=1S/C13H13NO3/c1-9(15)8-17-13-7-14(10(2)16)12-6-4-3-5-11(12)13/h3-7H,8H2,1-2H3. The highest BCUT2D eigenvalue weighted by Crippen LogP contribution is 2.27. The van der Waals surface area contributed by atoms with Crippen molar-refractivity contribution in [1.29, 1.82) is 0 Å². The molecule has 88 valence electrons. The summed E-state index contributed by atoms with van der Waals surface area (Å²) >= 11 is 0. The average Bonchev–Trinajstić information content (AvgIpc) is 2.65. The molecule has 0 aliphatic rings. The summed E-state index contributed by atoms with van der Waals surface area (Å²) in [6, 6.07) is 7.44. The first-order valence-corrected chi connectivity index (χ1v) is 5.33. The lowest BCUT2D eigenvalue weighted by molar-refractivity contribution is -0.118. The van der Waals surface area contributed by atoms with Gasteiger partial charge in [0.2, 0.25) is 5.91 Å². The predicted octanol–water partition coefficient (Wildman–Crippen LogP) is 2.27. The smallest absolute Gasteiger partial charge is 0.228 e. The van der Waals surface area contributed by atoms with E-state index >= 15 is 0 Å². The summed E-state index contributed by atoms with van der Waals surface area (Å²) in [6.07, 6.45) is 1.62. The van der Waals surface area contributed by atoms with E-state index in [0.29, 0.717) is 5.75 Å². The third-order valence-electron chi connectivity index (χ3n) is 2.45. The van der Waals surface area contributed by atoms with Crippen LogP contribution in [-0.2, 0) is 4.79 Å². The van der Waals surface area contributed by atoms with Gasteiger partial charge in [0, 0.05) is 12.3 Å². The summed E-state index contributed by atoms with van der Waals surface area (Å²) in [6.45, 7) is 2.97. The number of para-hydroxylation sites is 1. The number of hydrogen-bond donors (Lipinski definition) is 0. The lowest BCUT2D eigenvalue weighted by atomic mass is 10.2. The maximum atomic E-state index is 11.5. The van der Waals surface area contributed by atoms with E-state index in [1.165, 1.54) is 18.4 Å². The van der Waals surface area contributed by atoms with Crippen LogP contribution >= 0.6 is 0 Å². The molecule has 0 atom stereocenters. The minimum Gasteiger partial charge on any atom is -0.484 e. The van der Waals surface area contributed by atoms with Gasteiger partial charge in [0.05, 0.1) is 11.7 Å². The van der Waals surface area contributed by atoms with Crippen molar-refractivity contribution in [2.45, 2.75) is 13.8 Å². The van der Waals surface area contributed by atoms with Crippen LogP contribution in [0, 0.1) is 0 Å². The Morgan fingerprint density at radius 2 is 1.94 bits per heavy atom. The second-order valence-corrected chi connectivity index (χ2v) is 3.89. The Morgan fingerprint density at radius 1 is 1.24 bits per heavy atom. The van der Waals surface area contributed by atoms with Gasteiger partial charge in [-0.05, 0) is 19.1 Å². The quantitative estimate of drug-likeness (QED) is 0.814. The number of aromatic nitrogens is 1. The van der Waals surface area contributed by atoms with Crippen LogP contribution in [0.25, 0.3) is 10.9 Å². The maximum Gasteiger partial charge on any atom is 0.228 e. The van der Waals surface area contributed by atoms with Crippen molar-refractivity contribution in [3.63, 3.8) is 0 Å². The Hall–Kier alpha value is -2.10. The summed E-state index contributed by atoms with van der Waals surface area (Å²) in [7, 11) is 0. The summed E-state index contributed by atoms with van der Waals surface area (Å²) in [5.41, 5.74) is 0.790. The summed E-state index contributed by atoms with van der Waals surface area (Å²) in [4.78, 5) is 22.3. The molecule has 0 saturated heterocycles. The van der Waals surface area contributed by atoms with Crippen LogP contribution < -0.4 is 4.74 Å². The minimum atomic E-state index is -0.0844. The molecule has 0 aliphatic carbocycles. The van der Waals surface area contributed by atoms with Crippen molar-refractivity contribution >= 4 is 22.6 Å². The monoisotopic (exact) mass is 231 g/mol. The maximum absolute atomic E-state index is 11.5. The topological polar surface area (TPSA) is 48.3 Å². The number of carbonyl (C=O) groups is 2. The van der Waals surface area contributed by atoms with Gasteiger partial charge in [0.15, 0.2) is 5.78 Å². The Morgan fingerprint density at radius 3 is 2.59 bits per heavy atom. The van der Waals surface area contributed by atoms with Gasteiger partial charge in [0.25, 0.3) is 0 Å². The molecule has 0 fully saturated rings. The molecule has 2 aromatic rings. The molecule has 0 radical (unpaired) electrons. The molecular formula is C13H13NO3. The number of Topliss-reactive ketones (excluding diaryl/α,β-unsaturated/α-hetero) is 1. The van der Waals surface area contributed by atoms with Gasteiger partial charge in [-0.3, -0.25) is 14.2 Å². The van der Waals surface area contributed by atoms with Gasteiger partial charge in [-0.1, -0.05) is 12.1 Å². The highest BCUT2D eigenvalue weighted by Gasteiger charge is 2.11. The van der Waals surface area contributed by atoms with E-state index in [0.717, 1.165) is 10.9 Å². The van der Waals surface area contributed by atoms with Gasteiger partial charge >= 0.3 is 0 Å². The van der Waals surface area contributed by atoms with Crippen molar-refractivity contribution in [1.82, 2.24) is 4.57 Å². The second-order valence-electron chi connectivity index (χ2n) is 3.89. The van der Waals surface area contributed by atoms with Crippen molar-refractivity contribution in [2.75, 3.05) is 6.61 Å². The molecule has 0 aliphatic heterocycles. The lowest BCUT2D eigenvalue weighted by Crippen LogP contribution is -2.06. The zero-order chi connectivity index (χ0) is 12.4. The first-order valence-electron chi connectivity index (χ1n) is 5.33. The van der Waals surface area contributed by atoms with E-state index in [1.54, 1.807) is 6.20 Å². The zero-order valence-electron chi connectivity index (χ0n) is 9.77. The van der Waals surface area contributed by atoms with Crippen LogP contribution in [0.15, 0.2) is 30.5 Å². The van der Waals surface area contributed by atoms with Crippen LogP contribution in [0.5, 0.6) is 5.75 Å². The molecule has 4 nitrogen and oxygen atoms in total. The number of nitrogens with zero attached hydrogens (tertiary/aromatic N) is 1. The van der Waals surface area contributed by atoms with Gasteiger partial charge < -0.3 is 4.74 Å². The molecule has 0 bridgehead atoms. The Kier molecular flexibility index (Phi) is 2.95. The third kappa shape index (κ3) is 2.20. The summed E-state index contributed by atoms with van der Waals surface area (Å²) < 4.78 is 6.91. The van der Waals surface area contributed by atoms with Crippen LogP contribution in [0.2, 0.25) is 0 Å². The normalized spacial score (nSPS) is 10.5. The Labute approximate surface area is 98.8 Å². The van der Waals surface area contributed by atoms with E-state index in [9.17, 15) is 9.59 Å². The first kappa shape index (κ1) is 11.4. The highest BCUT2D eigenvalue weighted by molar-refractivity contribution is 5.95. The van der Waals surface area contributed by atoms with Gasteiger partial charge in [-0.15, -0.1) is 0 Å². The summed E-state index contributed by atoms with van der Waals surface area (Å²) in [5.74, 6) is 0.425. The first-order chi connectivity index (χ1) is 8.09. The fourth-order valence-corrected chi connectivity index (χ4v) is 1.70. The van der Waals surface area contributed by atoms with E-state index in [-0.39, 0.29) is 18.3 Å². The number of fused-ring (bicyclic) bond motifs is 1. The molecule has 4 heteroatoms. The van der Waals surface area contributed by atoms with Crippen molar-refractivity contribution in [3.8, 4) is 5.75 Å². The van der Waals surface area contributed by atoms with Gasteiger partial charge in [-0.2, -0.15) is 0 Å². The Balaban J connectivity index is 2.49. The molecular weight excluding hydrogens is 218 g/mol. The van der Waals surface area contributed by atoms with Crippen LogP contribution in [-0.4, -0.2) is 22.9 Å². The molecule has 17 heavy (non-hydrogen) atoms. The van der Waals surface area contributed by atoms with E-state index in [2.05, 4.69) is 0 Å². The van der Waals surface area contributed by atoms with Crippen molar-refractivity contribution in [2.24, 2.45) is 0 Å². The van der Waals surface area contributed by atoms with Crippen molar-refractivity contribution < 1.29 is 14.3 Å². The lowest BCUT2D eigenvalue weighted by Gasteiger charge is -2.00. The Bertz CT molecular complexity index is 583. The molecule has 2 rings (SSSR count). The molecule has 1 aromatic carbocycles. The fraction of sp³-hybridized carbons (Fsp3) is 0.231. The minimum absolute atomic E-state index is 0.0198. The van der Waals surface area contributed by atoms with Gasteiger partial charge in [0.1, 0.15) is 12.4 Å². The van der Waals surface area contributed by atoms with Crippen LogP contribution in [0.4, 0.5) is 0 Å². The largest absolute Gasteiger partial charge is 0.484 e. The molecule has 1 aromatic heterocycles. The molecule has 0 spiro atoms. The molecule has 0 N–H and O–H groups in total. The van der Waals surface area contributed by atoms with E-state index in [4.69, 9.17) is 4.74 Å². The number of rotatable bonds is 3. The molecule has 0 saturated carbocycles. The number of carbonyl (C=O) groups excluding carboxylic acids is 2. The molecule has 0 amide bonds. The number of benzene rings is 1.